The minimum atomic E-state index is -0.763. The van der Waals surface area contributed by atoms with Gasteiger partial charge in [0.1, 0.15) is 13.2 Å². The molecule has 1 unspecified atom stereocenters. The molecule has 344 valence electrons. The SMILES string of the molecule is CCC(C)CCCCCCCCCCCCC(=O)OC[C@@H](COC(=O)CCCCCCCCCCCCC(C)C)OC(=O)CCCCCCCCCCCCC(C)C. The summed E-state index contributed by atoms with van der Waals surface area (Å²) < 4.78 is 16.8. The lowest BCUT2D eigenvalue weighted by Crippen LogP contribution is -2.30. The van der Waals surface area contributed by atoms with E-state index in [2.05, 4.69) is 41.5 Å². The van der Waals surface area contributed by atoms with Crippen LogP contribution in [-0.2, 0) is 28.6 Å². The molecule has 0 radical (unpaired) electrons. The van der Waals surface area contributed by atoms with Crippen molar-refractivity contribution >= 4 is 17.9 Å². The minimum Gasteiger partial charge on any atom is -0.462 e. The number of carbonyl (C=O) groups is 3. The van der Waals surface area contributed by atoms with E-state index in [1.54, 1.807) is 0 Å². The van der Waals surface area contributed by atoms with Gasteiger partial charge < -0.3 is 14.2 Å². The second-order valence-corrected chi connectivity index (χ2v) is 19.0. The summed E-state index contributed by atoms with van der Waals surface area (Å²) in [5, 5.41) is 0. The molecule has 0 aliphatic rings. The third-order valence-electron chi connectivity index (χ3n) is 12.0. The monoisotopic (exact) mass is 821 g/mol. The number of rotatable bonds is 45. The molecule has 0 aromatic carbocycles. The van der Waals surface area contributed by atoms with Crippen LogP contribution in [0.3, 0.4) is 0 Å². The molecule has 0 spiro atoms. The molecule has 6 heteroatoms. The molecule has 0 bridgehead atoms. The number of carbonyl (C=O) groups excluding carboxylic acids is 3. The van der Waals surface area contributed by atoms with Gasteiger partial charge in [0.25, 0.3) is 0 Å². The first kappa shape index (κ1) is 56.4. The summed E-state index contributed by atoms with van der Waals surface area (Å²) in [6, 6.07) is 0. The molecular formula is C52H100O6. The van der Waals surface area contributed by atoms with Crippen LogP contribution in [0.1, 0.15) is 279 Å². The van der Waals surface area contributed by atoms with E-state index in [-0.39, 0.29) is 31.1 Å². The predicted molar refractivity (Wildman–Crippen MR) is 247 cm³/mol. The molecule has 58 heavy (non-hydrogen) atoms. The van der Waals surface area contributed by atoms with Crippen molar-refractivity contribution in [2.45, 2.75) is 285 Å². The molecule has 0 aromatic rings. The summed E-state index contributed by atoms with van der Waals surface area (Å²) in [6.45, 7) is 13.7. The first-order valence-corrected chi connectivity index (χ1v) is 25.6. The summed E-state index contributed by atoms with van der Waals surface area (Å²) in [5.41, 5.74) is 0. The highest BCUT2D eigenvalue weighted by molar-refractivity contribution is 5.71. The molecular weight excluding hydrogens is 721 g/mol. The highest BCUT2D eigenvalue weighted by atomic mass is 16.6. The van der Waals surface area contributed by atoms with Gasteiger partial charge in [0, 0.05) is 19.3 Å². The first-order chi connectivity index (χ1) is 28.1. The van der Waals surface area contributed by atoms with E-state index in [1.165, 1.54) is 161 Å². The van der Waals surface area contributed by atoms with Crippen molar-refractivity contribution in [1.29, 1.82) is 0 Å². The average Bonchev–Trinajstić information content (AvgIpc) is 3.19. The number of ether oxygens (including phenoxy) is 3. The van der Waals surface area contributed by atoms with Crippen LogP contribution < -0.4 is 0 Å². The molecule has 0 aliphatic carbocycles. The van der Waals surface area contributed by atoms with Crippen molar-refractivity contribution in [3.05, 3.63) is 0 Å². The van der Waals surface area contributed by atoms with E-state index in [4.69, 9.17) is 14.2 Å². The normalized spacial score (nSPS) is 12.6. The summed E-state index contributed by atoms with van der Waals surface area (Å²) >= 11 is 0. The van der Waals surface area contributed by atoms with Crippen LogP contribution in [0.5, 0.6) is 0 Å². The van der Waals surface area contributed by atoms with Gasteiger partial charge in [-0.25, -0.2) is 0 Å². The zero-order valence-corrected chi connectivity index (χ0v) is 39.8. The zero-order valence-electron chi connectivity index (χ0n) is 39.8. The van der Waals surface area contributed by atoms with Crippen LogP contribution in [0.15, 0.2) is 0 Å². The largest absolute Gasteiger partial charge is 0.462 e. The van der Waals surface area contributed by atoms with Crippen molar-refractivity contribution in [2.75, 3.05) is 13.2 Å². The maximum absolute atomic E-state index is 12.8. The molecule has 0 aliphatic heterocycles. The van der Waals surface area contributed by atoms with Crippen LogP contribution in [0, 0.1) is 17.8 Å². The maximum Gasteiger partial charge on any atom is 0.306 e. The van der Waals surface area contributed by atoms with Crippen molar-refractivity contribution in [3.63, 3.8) is 0 Å². The Hall–Kier alpha value is -1.59. The average molecular weight is 821 g/mol. The zero-order chi connectivity index (χ0) is 42.7. The Bertz CT molecular complexity index is 900. The predicted octanol–water partition coefficient (Wildman–Crippen LogP) is 16.4. The third kappa shape index (κ3) is 44.0. The van der Waals surface area contributed by atoms with Gasteiger partial charge in [0.2, 0.25) is 0 Å². The summed E-state index contributed by atoms with van der Waals surface area (Å²) in [7, 11) is 0. The van der Waals surface area contributed by atoms with Gasteiger partial charge in [-0.15, -0.1) is 0 Å². The topological polar surface area (TPSA) is 78.9 Å². The lowest BCUT2D eigenvalue weighted by molar-refractivity contribution is -0.167. The molecule has 2 atom stereocenters. The van der Waals surface area contributed by atoms with Gasteiger partial charge >= 0.3 is 17.9 Å². The van der Waals surface area contributed by atoms with Crippen LogP contribution >= 0.6 is 0 Å². The fourth-order valence-corrected chi connectivity index (χ4v) is 7.73. The Kier molecular flexibility index (Phi) is 42.3. The van der Waals surface area contributed by atoms with Gasteiger partial charge in [-0.05, 0) is 37.0 Å². The number of hydrogen-bond donors (Lipinski definition) is 0. The molecule has 0 aromatic heterocycles. The van der Waals surface area contributed by atoms with E-state index < -0.39 is 6.10 Å². The van der Waals surface area contributed by atoms with E-state index in [1.807, 2.05) is 0 Å². The van der Waals surface area contributed by atoms with Crippen molar-refractivity contribution in [2.24, 2.45) is 17.8 Å². The van der Waals surface area contributed by atoms with Crippen LogP contribution in [-0.4, -0.2) is 37.2 Å². The number of unbranched alkanes of at least 4 members (excludes halogenated alkanes) is 27. The lowest BCUT2D eigenvalue weighted by Gasteiger charge is -2.18. The molecule has 0 heterocycles. The maximum atomic E-state index is 12.8. The standard InChI is InChI=1S/C52H100O6/c1-7-48(6)40-34-28-22-16-10-13-18-24-30-36-42-51(54)57-45-49(58-52(55)43-37-31-25-19-12-9-15-21-27-33-39-47(4)5)44-56-50(53)41-35-29-23-17-11-8-14-20-26-32-38-46(2)3/h46-49H,7-45H2,1-6H3/t48?,49-/m1/s1. The van der Waals surface area contributed by atoms with E-state index in [0.29, 0.717) is 19.3 Å². The summed E-state index contributed by atoms with van der Waals surface area (Å²) in [5.74, 6) is 1.65. The van der Waals surface area contributed by atoms with E-state index >= 15 is 0 Å². The Morgan fingerprint density at radius 3 is 0.897 bits per heavy atom. The van der Waals surface area contributed by atoms with Crippen molar-refractivity contribution < 1.29 is 28.6 Å². The van der Waals surface area contributed by atoms with Gasteiger partial charge in [-0.3, -0.25) is 14.4 Å². The molecule has 0 amide bonds. The van der Waals surface area contributed by atoms with Crippen molar-refractivity contribution in [1.82, 2.24) is 0 Å². The van der Waals surface area contributed by atoms with E-state index in [0.717, 1.165) is 75.5 Å². The Labute approximate surface area is 361 Å². The highest BCUT2D eigenvalue weighted by Gasteiger charge is 2.19. The molecule has 0 saturated heterocycles. The Morgan fingerprint density at radius 2 is 0.603 bits per heavy atom. The second-order valence-electron chi connectivity index (χ2n) is 19.0. The molecule has 0 fully saturated rings. The van der Waals surface area contributed by atoms with Gasteiger partial charge in [-0.2, -0.15) is 0 Å². The fraction of sp³-hybridized carbons (Fsp3) is 0.942. The fourth-order valence-electron chi connectivity index (χ4n) is 7.73. The first-order valence-electron chi connectivity index (χ1n) is 25.6. The Balaban J connectivity index is 4.34. The molecule has 0 saturated carbocycles. The summed E-state index contributed by atoms with van der Waals surface area (Å²) in [6.07, 6.45) is 42.2. The van der Waals surface area contributed by atoms with Crippen LogP contribution in [0.2, 0.25) is 0 Å². The van der Waals surface area contributed by atoms with Crippen LogP contribution in [0.25, 0.3) is 0 Å². The smallest absolute Gasteiger partial charge is 0.306 e. The lowest BCUT2D eigenvalue weighted by atomic mass is 9.99. The quantitative estimate of drug-likeness (QED) is 0.0346. The number of hydrogen-bond acceptors (Lipinski definition) is 6. The van der Waals surface area contributed by atoms with Crippen molar-refractivity contribution in [3.8, 4) is 0 Å². The van der Waals surface area contributed by atoms with Gasteiger partial charge in [0.15, 0.2) is 6.10 Å². The minimum absolute atomic E-state index is 0.0651. The number of esters is 3. The van der Waals surface area contributed by atoms with Crippen LogP contribution in [0.4, 0.5) is 0 Å². The molecule has 6 nitrogen and oxygen atoms in total. The van der Waals surface area contributed by atoms with Gasteiger partial charge in [-0.1, -0.05) is 241 Å². The molecule has 0 N–H and O–H groups in total. The highest BCUT2D eigenvalue weighted by Crippen LogP contribution is 2.18. The Morgan fingerprint density at radius 1 is 0.345 bits per heavy atom. The van der Waals surface area contributed by atoms with Gasteiger partial charge in [0.05, 0.1) is 0 Å². The van der Waals surface area contributed by atoms with E-state index in [9.17, 15) is 14.4 Å². The third-order valence-corrected chi connectivity index (χ3v) is 12.0. The second kappa shape index (κ2) is 43.5. The summed E-state index contributed by atoms with van der Waals surface area (Å²) in [4.78, 5) is 37.9. The molecule has 0 rings (SSSR count).